The first-order valence-electron chi connectivity index (χ1n) is 10.1. The average Bonchev–Trinajstić information content (AvgIpc) is 2.70. The van der Waals surface area contributed by atoms with Crippen LogP contribution in [-0.2, 0) is 4.74 Å². The number of aliphatic imine (C=N–C) groups is 1. The predicted molar refractivity (Wildman–Crippen MR) is 129 cm³/mol. The summed E-state index contributed by atoms with van der Waals surface area (Å²) in [4.78, 5) is 6.84. The molecule has 0 aromatic heterocycles. The Morgan fingerprint density at radius 3 is 2.66 bits per heavy atom. The van der Waals surface area contributed by atoms with Crippen LogP contribution in [0, 0.1) is 0 Å². The van der Waals surface area contributed by atoms with Crippen LogP contribution in [0.1, 0.15) is 32.3 Å². The lowest BCUT2D eigenvalue weighted by atomic mass is 10.0. The Balaban J connectivity index is 0.00000420. The largest absolute Gasteiger partial charge is 0.496 e. The van der Waals surface area contributed by atoms with Crippen molar-refractivity contribution in [3.63, 3.8) is 0 Å². The highest BCUT2D eigenvalue weighted by molar-refractivity contribution is 14.0. The number of benzene rings is 1. The second-order valence-corrected chi connectivity index (χ2v) is 7.60. The van der Waals surface area contributed by atoms with Crippen molar-refractivity contribution in [1.29, 1.82) is 0 Å². The zero-order chi connectivity index (χ0) is 20.4. The number of para-hydroxylation sites is 1. The molecule has 3 N–H and O–H groups in total. The molecule has 1 saturated heterocycles. The third kappa shape index (κ3) is 9.06. The van der Waals surface area contributed by atoms with E-state index in [1.54, 1.807) is 7.11 Å². The number of hydrogen-bond donors (Lipinski definition) is 3. The molecule has 7 nitrogen and oxygen atoms in total. The molecule has 29 heavy (non-hydrogen) atoms. The van der Waals surface area contributed by atoms with Gasteiger partial charge in [0.1, 0.15) is 5.75 Å². The van der Waals surface area contributed by atoms with Crippen molar-refractivity contribution in [2.75, 3.05) is 59.6 Å². The van der Waals surface area contributed by atoms with E-state index < -0.39 is 5.60 Å². The molecular formula is C21H37IN4O3. The molecule has 0 radical (unpaired) electrons. The van der Waals surface area contributed by atoms with E-state index in [0.717, 1.165) is 50.7 Å². The molecule has 0 aliphatic carbocycles. The van der Waals surface area contributed by atoms with Crippen LogP contribution in [-0.4, -0.2) is 81.2 Å². The zero-order valence-electron chi connectivity index (χ0n) is 18.1. The van der Waals surface area contributed by atoms with E-state index >= 15 is 0 Å². The number of aliphatic hydroxyl groups is 1. The summed E-state index contributed by atoms with van der Waals surface area (Å²) in [6, 6.07) is 8.07. The Bertz CT molecular complexity index is 622. The smallest absolute Gasteiger partial charge is 0.191 e. The maximum Gasteiger partial charge on any atom is 0.191 e. The molecule has 1 heterocycles. The van der Waals surface area contributed by atoms with Gasteiger partial charge in [0.15, 0.2) is 5.96 Å². The Hall–Kier alpha value is -1.10. The summed E-state index contributed by atoms with van der Waals surface area (Å²) in [6.45, 7) is 11.6. The van der Waals surface area contributed by atoms with E-state index in [1.165, 1.54) is 0 Å². The summed E-state index contributed by atoms with van der Waals surface area (Å²) in [7, 11) is 1.70. The number of nitrogens with one attached hydrogen (secondary N) is 2. The van der Waals surface area contributed by atoms with Crippen LogP contribution >= 0.6 is 24.0 Å². The summed E-state index contributed by atoms with van der Waals surface area (Å²) >= 11 is 0. The quantitative estimate of drug-likeness (QED) is 0.263. The monoisotopic (exact) mass is 520 g/mol. The van der Waals surface area contributed by atoms with Crippen LogP contribution in [0.2, 0.25) is 0 Å². The minimum absolute atomic E-state index is 0. The number of guanidine groups is 1. The number of methoxy groups -OCH3 is 1. The number of morpholine rings is 1. The molecule has 2 atom stereocenters. The molecule has 0 bridgehead atoms. The highest BCUT2D eigenvalue weighted by atomic mass is 127. The van der Waals surface area contributed by atoms with E-state index in [9.17, 15) is 5.11 Å². The molecule has 0 saturated carbocycles. The first-order chi connectivity index (χ1) is 13.4. The summed E-state index contributed by atoms with van der Waals surface area (Å²) in [5.74, 6) is 1.87. The summed E-state index contributed by atoms with van der Waals surface area (Å²) in [5, 5.41) is 17.4. The van der Waals surface area contributed by atoms with Crippen LogP contribution in [0.5, 0.6) is 5.75 Å². The van der Waals surface area contributed by atoms with Gasteiger partial charge in [-0.15, -0.1) is 24.0 Å². The second-order valence-electron chi connectivity index (χ2n) is 7.60. The molecule has 1 fully saturated rings. The van der Waals surface area contributed by atoms with Gasteiger partial charge in [-0.05, 0) is 25.5 Å². The molecule has 8 heteroatoms. The summed E-state index contributed by atoms with van der Waals surface area (Å²) in [6.07, 6.45) is 0. The third-order valence-corrected chi connectivity index (χ3v) is 4.84. The number of halogens is 1. The van der Waals surface area contributed by atoms with Crippen molar-refractivity contribution in [2.45, 2.75) is 32.3 Å². The number of rotatable bonds is 9. The number of ether oxygens (including phenoxy) is 2. The number of hydrogen-bond acceptors (Lipinski definition) is 5. The van der Waals surface area contributed by atoms with Crippen molar-refractivity contribution >= 4 is 29.9 Å². The van der Waals surface area contributed by atoms with Gasteiger partial charge in [-0.2, -0.15) is 0 Å². The van der Waals surface area contributed by atoms with Gasteiger partial charge in [0.2, 0.25) is 0 Å². The first-order valence-corrected chi connectivity index (χ1v) is 10.1. The van der Waals surface area contributed by atoms with E-state index in [4.69, 9.17) is 9.47 Å². The number of β-amino-alcohol motifs (C(OH)–C–C–N with tert-alkyl or cyclic N) is 1. The number of nitrogens with zero attached hydrogens (tertiary/aromatic N) is 2. The van der Waals surface area contributed by atoms with Crippen molar-refractivity contribution in [2.24, 2.45) is 4.99 Å². The second kappa shape index (κ2) is 13.3. The fourth-order valence-electron chi connectivity index (χ4n) is 3.32. The minimum atomic E-state index is -0.881. The van der Waals surface area contributed by atoms with E-state index in [2.05, 4.69) is 33.5 Å². The van der Waals surface area contributed by atoms with Crippen LogP contribution < -0.4 is 15.4 Å². The Morgan fingerprint density at radius 2 is 2.00 bits per heavy atom. The molecule has 0 amide bonds. The fourth-order valence-corrected chi connectivity index (χ4v) is 3.32. The molecule has 2 unspecified atom stereocenters. The standard InChI is InChI=1S/C21H36N4O3.HI/c1-5-22-20(23-14-17(2)18-8-6-7-9-19(18)27-4)24-15-21(3,26)16-25-10-12-28-13-11-25;/h6-9,17,26H,5,10-16H2,1-4H3,(H2,22,23,24);1H. The molecule has 1 aromatic rings. The van der Waals surface area contributed by atoms with Gasteiger partial charge in [0, 0.05) is 38.6 Å². The topological polar surface area (TPSA) is 78.4 Å². The molecule has 2 rings (SSSR count). The molecule has 1 aromatic carbocycles. The lowest BCUT2D eigenvalue weighted by Crippen LogP contribution is -2.48. The molecular weight excluding hydrogens is 483 g/mol. The first kappa shape index (κ1) is 25.9. The molecule has 166 valence electrons. The zero-order valence-corrected chi connectivity index (χ0v) is 20.4. The molecule has 1 aliphatic heterocycles. The minimum Gasteiger partial charge on any atom is -0.496 e. The van der Waals surface area contributed by atoms with Gasteiger partial charge in [0.05, 0.1) is 32.5 Å². The Kier molecular flexibility index (Phi) is 11.9. The van der Waals surface area contributed by atoms with Crippen molar-refractivity contribution < 1.29 is 14.6 Å². The summed E-state index contributed by atoms with van der Waals surface area (Å²) in [5.41, 5.74) is 0.279. The summed E-state index contributed by atoms with van der Waals surface area (Å²) < 4.78 is 10.8. The SMILES string of the molecule is CCNC(=NCC(C)(O)CN1CCOCC1)NCC(C)c1ccccc1OC.I. The van der Waals surface area contributed by atoms with Crippen LogP contribution in [0.25, 0.3) is 0 Å². The highest BCUT2D eigenvalue weighted by Crippen LogP contribution is 2.25. The maximum atomic E-state index is 10.7. The van der Waals surface area contributed by atoms with E-state index in [0.29, 0.717) is 19.0 Å². The van der Waals surface area contributed by atoms with Crippen molar-refractivity contribution in [3.8, 4) is 5.75 Å². The van der Waals surface area contributed by atoms with E-state index in [1.807, 2.05) is 32.0 Å². The van der Waals surface area contributed by atoms with Gasteiger partial charge >= 0.3 is 0 Å². The van der Waals surface area contributed by atoms with Crippen LogP contribution in [0.3, 0.4) is 0 Å². The maximum absolute atomic E-state index is 10.7. The lowest BCUT2D eigenvalue weighted by Gasteiger charge is -2.33. The van der Waals surface area contributed by atoms with Crippen molar-refractivity contribution in [1.82, 2.24) is 15.5 Å². The van der Waals surface area contributed by atoms with Gasteiger partial charge < -0.3 is 25.2 Å². The van der Waals surface area contributed by atoms with Crippen LogP contribution in [0.15, 0.2) is 29.3 Å². The molecule has 0 spiro atoms. The normalized spacial score (nSPS) is 18.3. The van der Waals surface area contributed by atoms with Crippen molar-refractivity contribution in [3.05, 3.63) is 29.8 Å². The predicted octanol–water partition coefficient (Wildman–Crippen LogP) is 2.06. The highest BCUT2D eigenvalue weighted by Gasteiger charge is 2.25. The van der Waals surface area contributed by atoms with Gasteiger partial charge in [-0.3, -0.25) is 9.89 Å². The fraction of sp³-hybridized carbons (Fsp3) is 0.667. The van der Waals surface area contributed by atoms with Gasteiger partial charge in [-0.25, -0.2) is 0 Å². The van der Waals surface area contributed by atoms with Gasteiger partial charge in [-0.1, -0.05) is 25.1 Å². The lowest BCUT2D eigenvalue weighted by molar-refractivity contribution is -0.0179. The Labute approximate surface area is 192 Å². The van der Waals surface area contributed by atoms with E-state index in [-0.39, 0.29) is 29.9 Å². The van der Waals surface area contributed by atoms with Crippen LogP contribution in [0.4, 0.5) is 0 Å². The molecule has 1 aliphatic rings. The third-order valence-electron chi connectivity index (χ3n) is 4.84. The Morgan fingerprint density at radius 1 is 1.31 bits per heavy atom. The van der Waals surface area contributed by atoms with Gasteiger partial charge in [0.25, 0.3) is 0 Å². The average molecular weight is 520 g/mol.